The minimum atomic E-state index is -0.535. The van der Waals surface area contributed by atoms with Crippen LogP contribution >= 0.6 is 34.7 Å². The molecule has 0 radical (unpaired) electrons. The van der Waals surface area contributed by atoms with Crippen LogP contribution in [0, 0.1) is 0 Å². The van der Waals surface area contributed by atoms with E-state index in [9.17, 15) is 14.4 Å². The molecule has 0 bridgehead atoms. The van der Waals surface area contributed by atoms with Gasteiger partial charge >= 0.3 is 5.97 Å². The Morgan fingerprint density at radius 2 is 2.29 bits per heavy atom. The topological polar surface area (TPSA) is 75.7 Å². The Morgan fingerprint density at radius 3 is 2.90 bits per heavy atom. The molecule has 1 atom stereocenters. The summed E-state index contributed by atoms with van der Waals surface area (Å²) < 4.78 is 5.07. The molecular formula is C12H13ClN2O4S2. The van der Waals surface area contributed by atoms with Crippen molar-refractivity contribution in [3.63, 3.8) is 0 Å². The van der Waals surface area contributed by atoms with Crippen molar-refractivity contribution in [2.24, 2.45) is 0 Å². The van der Waals surface area contributed by atoms with E-state index in [1.54, 1.807) is 6.07 Å². The van der Waals surface area contributed by atoms with Gasteiger partial charge < -0.3 is 15.0 Å². The van der Waals surface area contributed by atoms with E-state index in [1.165, 1.54) is 35.1 Å². The highest BCUT2D eigenvalue weighted by Gasteiger charge is 2.34. The number of methoxy groups -OCH3 is 1. The van der Waals surface area contributed by atoms with Crippen LogP contribution in [-0.2, 0) is 19.1 Å². The molecule has 1 saturated heterocycles. The van der Waals surface area contributed by atoms with E-state index >= 15 is 0 Å². The zero-order valence-electron chi connectivity index (χ0n) is 11.1. The van der Waals surface area contributed by atoms with Crippen molar-refractivity contribution in [3.8, 4) is 0 Å². The molecule has 1 aromatic heterocycles. The van der Waals surface area contributed by atoms with E-state index in [0.717, 1.165) is 4.88 Å². The lowest BCUT2D eigenvalue weighted by Crippen LogP contribution is -2.41. The van der Waals surface area contributed by atoms with E-state index in [2.05, 4.69) is 10.1 Å². The Labute approximate surface area is 134 Å². The van der Waals surface area contributed by atoms with E-state index in [-0.39, 0.29) is 24.4 Å². The predicted octanol–water partition coefficient (Wildman–Crippen LogP) is 1.26. The first-order chi connectivity index (χ1) is 10.0. The van der Waals surface area contributed by atoms with Gasteiger partial charge in [0.25, 0.3) is 0 Å². The molecular weight excluding hydrogens is 336 g/mol. The fourth-order valence-corrected chi connectivity index (χ4v) is 4.26. The van der Waals surface area contributed by atoms with Crippen LogP contribution < -0.4 is 5.32 Å². The van der Waals surface area contributed by atoms with Crippen molar-refractivity contribution in [2.45, 2.75) is 5.37 Å². The first-order valence-corrected chi connectivity index (χ1v) is 8.25. The van der Waals surface area contributed by atoms with Crippen LogP contribution in [0.4, 0.5) is 0 Å². The number of thioether (sulfide) groups is 1. The molecule has 2 amide bonds. The van der Waals surface area contributed by atoms with Gasteiger partial charge in [-0.2, -0.15) is 0 Å². The van der Waals surface area contributed by atoms with Gasteiger partial charge in [-0.1, -0.05) is 11.6 Å². The second-order valence-electron chi connectivity index (χ2n) is 4.18. The molecule has 2 heterocycles. The Bertz CT molecular complexity index is 563. The molecule has 1 fully saturated rings. The van der Waals surface area contributed by atoms with Crippen LogP contribution in [0.5, 0.6) is 0 Å². The third kappa shape index (κ3) is 4.12. The van der Waals surface area contributed by atoms with Crippen molar-refractivity contribution in [1.82, 2.24) is 10.2 Å². The summed E-state index contributed by atoms with van der Waals surface area (Å²) in [5.41, 5.74) is 0. The van der Waals surface area contributed by atoms with Gasteiger partial charge in [-0.3, -0.25) is 14.4 Å². The van der Waals surface area contributed by atoms with Crippen molar-refractivity contribution < 1.29 is 19.1 Å². The molecule has 1 aliphatic heterocycles. The molecule has 0 spiro atoms. The number of ether oxygens (including phenoxy) is 1. The Balaban J connectivity index is 1.97. The van der Waals surface area contributed by atoms with E-state index in [0.29, 0.717) is 10.1 Å². The van der Waals surface area contributed by atoms with Crippen molar-refractivity contribution >= 4 is 52.5 Å². The highest BCUT2D eigenvalue weighted by atomic mass is 35.5. The molecule has 0 saturated carbocycles. The monoisotopic (exact) mass is 348 g/mol. The van der Waals surface area contributed by atoms with Crippen LogP contribution in [0.3, 0.4) is 0 Å². The van der Waals surface area contributed by atoms with Gasteiger partial charge in [-0.15, -0.1) is 23.1 Å². The smallest absolute Gasteiger partial charge is 0.325 e. The predicted molar refractivity (Wildman–Crippen MR) is 81.3 cm³/mol. The summed E-state index contributed by atoms with van der Waals surface area (Å²) in [6, 6.07) is 3.61. The summed E-state index contributed by atoms with van der Waals surface area (Å²) in [6.45, 7) is -0.303. The van der Waals surface area contributed by atoms with Crippen molar-refractivity contribution in [3.05, 3.63) is 21.3 Å². The maximum atomic E-state index is 11.9. The van der Waals surface area contributed by atoms with Crippen LogP contribution in [0.2, 0.25) is 4.34 Å². The summed E-state index contributed by atoms with van der Waals surface area (Å²) in [5, 5.41) is 2.21. The number of halogens is 1. The Morgan fingerprint density at radius 1 is 1.52 bits per heavy atom. The maximum Gasteiger partial charge on any atom is 0.325 e. The molecule has 114 valence electrons. The molecule has 21 heavy (non-hydrogen) atoms. The zero-order valence-corrected chi connectivity index (χ0v) is 13.5. The largest absolute Gasteiger partial charge is 0.468 e. The van der Waals surface area contributed by atoms with Gasteiger partial charge in [0.1, 0.15) is 18.5 Å². The van der Waals surface area contributed by atoms with Gasteiger partial charge in [-0.05, 0) is 12.1 Å². The summed E-state index contributed by atoms with van der Waals surface area (Å²) in [4.78, 5) is 37.1. The molecule has 9 heteroatoms. The lowest BCUT2D eigenvalue weighted by atomic mass is 10.3. The number of carbonyl (C=O) groups excluding carboxylic acids is 3. The number of thiophene rings is 1. The van der Waals surface area contributed by atoms with Crippen molar-refractivity contribution in [1.29, 1.82) is 0 Å². The third-order valence-electron chi connectivity index (χ3n) is 2.78. The minimum Gasteiger partial charge on any atom is -0.468 e. The molecule has 1 unspecified atom stereocenters. The molecule has 0 aromatic carbocycles. The second-order valence-corrected chi connectivity index (χ2v) is 6.99. The minimum absolute atomic E-state index is 0.0942. The molecule has 1 N–H and O–H groups in total. The summed E-state index contributed by atoms with van der Waals surface area (Å²) >= 11 is 8.74. The average Bonchev–Trinajstić information content (AvgIpc) is 3.03. The quantitative estimate of drug-likeness (QED) is 0.811. The normalized spacial score (nSPS) is 17.9. The Hall–Kier alpha value is -1.25. The van der Waals surface area contributed by atoms with Gasteiger partial charge in [0, 0.05) is 4.88 Å². The lowest BCUT2D eigenvalue weighted by Gasteiger charge is -2.22. The number of hydrogen-bond acceptors (Lipinski definition) is 6. The van der Waals surface area contributed by atoms with E-state index in [1.807, 2.05) is 6.07 Å². The molecule has 1 aliphatic rings. The lowest BCUT2D eigenvalue weighted by molar-refractivity contribution is -0.141. The first kappa shape index (κ1) is 16.1. The van der Waals surface area contributed by atoms with E-state index in [4.69, 9.17) is 11.6 Å². The fraction of sp³-hybridized carbons (Fsp3) is 0.417. The standard InChI is InChI=1S/C12H13ClN2O4S2/c1-19-11(18)4-14-9(16)5-15-10(17)6-20-12(15)7-2-3-8(13)21-7/h2-3,12H,4-6H2,1H3,(H,14,16). The molecule has 1 aromatic rings. The molecule has 6 nitrogen and oxygen atoms in total. The number of carbonyl (C=O) groups is 3. The molecule has 2 rings (SSSR count). The van der Waals surface area contributed by atoms with Gasteiger partial charge in [0.2, 0.25) is 11.8 Å². The molecule has 0 aliphatic carbocycles. The zero-order chi connectivity index (χ0) is 15.4. The average molecular weight is 349 g/mol. The van der Waals surface area contributed by atoms with Gasteiger partial charge in [0.15, 0.2) is 0 Å². The van der Waals surface area contributed by atoms with Crippen LogP contribution in [0.25, 0.3) is 0 Å². The number of hydrogen-bond donors (Lipinski definition) is 1. The fourth-order valence-electron chi connectivity index (χ4n) is 1.78. The summed E-state index contributed by atoms with van der Waals surface area (Å²) in [5.74, 6) is -0.719. The third-order valence-corrected chi connectivity index (χ3v) is 5.45. The number of rotatable bonds is 5. The number of nitrogens with zero attached hydrogens (tertiary/aromatic N) is 1. The SMILES string of the molecule is COC(=O)CNC(=O)CN1C(=O)CSC1c1ccc(Cl)s1. The summed E-state index contributed by atoms with van der Waals surface area (Å²) in [7, 11) is 1.24. The van der Waals surface area contributed by atoms with Crippen molar-refractivity contribution in [2.75, 3.05) is 26.0 Å². The van der Waals surface area contributed by atoms with Crippen LogP contribution in [0.15, 0.2) is 12.1 Å². The summed E-state index contributed by atoms with van der Waals surface area (Å²) in [6.07, 6.45) is 0. The highest BCUT2D eigenvalue weighted by molar-refractivity contribution is 8.00. The van der Waals surface area contributed by atoms with Gasteiger partial charge in [-0.25, -0.2) is 0 Å². The van der Waals surface area contributed by atoms with Crippen LogP contribution in [0.1, 0.15) is 10.3 Å². The first-order valence-electron chi connectivity index (χ1n) is 6.01. The van der Waals surface area contributed by atoms with Crippen LogP contribution in [-0.4, -0.2) is 48.6 Å². The highest BCUT2D eigenvalue weighted by Crippen LogP contribution is 2.42. The number of nitrogens with one attached hydrogen (secondary N) is 1. The maximum absolute atomic E-state index is 11.9. The number of amides is 2. The Kier molecular flexibility index (Phi) is 5.49. The van der Waals surface area contributed by atoms with E-state index < -0.39 is 11.9 Å². The number of esters is 1. The van der Waals surface area contributed by atoms with Gasteiger partial charge in [0.05, 0.1) is 17.2 Å². The second kappa shape index (κ2) is 7.15.